The van der Waals surface area contributed by atoms with Gasteiger partial charge in [0.05, 0.1) is 24.2 Å². The number of rotatable bonds is 18. The molecule has 21 rings (SSSR count). The summed E-state index contributed by atoms with van der Waals surface area (Å²) in [7, 11) is -8.41. The average molecular weight is 2690 g/mol. The molecule has 13 aromatic carbocycles. The Bertz CT molecular complexity index is 7580. The van der Waals surface area contributed by atoms with Crippen molar-refractivity contribution in [3.05, 3.63) is 563 Å². The van der Waals surface area contributed by atoms with Crippen LogP contribution in [0.1, 0.15) is 47.1 Å². The van der Waals surface area contributed by atoms with Crippen molar-refractivity contribution in [1.82, 2.24) is 39.9 Å². The van der Waals surface area contributed by atoms with Gasteiger partial charge in [0.2, 0.25) is 0 Å². The van der Waals surface area contributed by atoms with Crippen molar-refractivity contribution >= 4 is 79.0 Å². The van der Waals surface area contributed by atoms with Crippen LogP contribution < -0.4 is 46.7 Å². The van der Waals surface area contributed by atoms with Gasteiger partial charge in [0, 0.05) is 142 Å². The summed E-state index contributed by atoms with van der Waals surface area (Å²) in [6, 6.07) is 172. The fourth-order valence-corrected chi connectivity index (χ4v) is 26.8. The van der Waals surface area contributed by atoms with E-state index < -0.39 is 52.5 Å². The van der Waals surface area contributed by atoms with Gasteiger partial charge in [-0.25, -0.2) is 0 Å². The van der Waals surface area contributed by atoms with Gasteiger partial charge in [0.15, 0.2) is 0 Å². The summed E-state index contributed by atoms with van der Waals surface area (Å²) < 4.78 is 68.8. The van der Waals surface area contributed by atoms with E-state index in [1.54, 1.807) is 48.9 Å². The minimum absolute atomic E-state index is 0. The van der Waals surface area contributed by atoms with E-state index in [4.69, 9.17) is 12.3 Å². The van der Waals surface area contributed by atoms with Crippen LogP contribution in [-0.4, -0.2) is 72.2 Å². The zero-order valence-corrected chi connectivity index (χ0v) is 96.9. The molecule has 0 N–H and O–H groups in total. The zero-order chi connectivity index (χ0) is 107. The predicted octanol–water partition coefficient (Wildman–Crippen LogP) is 25.9. The molecule has 0 spiro atoms. The third-order valence-corrected chi connectivity index (χ3v) is 40.5. The van der Waals surface area contributed by atoms with Gasteiger partial charge >= 0.3 is 0 Å². The van der Waals surface area contributed by atoms with Crippen LogP contribution in [0.4, 0.5) is 0 Å². The molecule has 0 saturated carbocycles. The maximum Gasteiger partial charge on any atom is 0.127 e. The summed E-state index contributed by atoms with van der Waals surface area (Å²) in [5, 5.41) is 11.6. The van der Waals surface area contributed by atoms with E-state index >= 15 is 0 Å². The van der Waals surface area contributed by atoms with Crippen molar-refractivity contribution in [3.8, 4) is 90.1 Å². The monoisotopic (exact) mass is 2700 g/mol. The number of benzene rings is 13. The number of aromatic nitrogens is 8. The molecular formula is C131H118Ir4N8Si4-8. The van der Waals surface area contributed by atoms with Crippen LogP contribution >= 0.6 is 0 Å². The Kier molecular flexibility index (Phi) is 40.8. The normalized spacial score (nSPS) is 12.3. The molecule has 21 aromatic rings. The molecule has 0 aliphatic carbocycles. The Balaban J connectivity index is 0.000000183. The van der Waals surface area contributed by atoms with E-state index in [9.17, 15) is 0 Å². The molecule has 8 nitrogen and oxygen atoms in total. The van der Waals surface area contributed by atoms with Crippen molar-refractivity contribution in [2.75, 3.05) is 0 Å². The zero-order valence-electron chi connectivity index (χ0n) is 92.3. The van der Waals surface area contributed by atoms with Crippen molar-refractivity contribution < 1.29 is 92.8 Å². The first kappa shape index (κ1) is 102. The molecule has 2 atom stereocenters. The molecule has 147 heavy (non-hydrogen) atoms. The topological polar surface area (TPSA) is 103 Å². The third kappa shape index (κ3) is 32.8. The number of hydrogen-bond donors (Lipinski definition) is 0. The third-order valence-electron chi connectivity index (χ3n) is 24.9. The van der Waals surface area contributed by atoms with Crippen LogP contribution in [0.5, 0.6) is 0 Å². The van der Waals surface area contributed by atoms with Crippen molar-refractivity contribution in [2.45, 2.75) is 86.7 Å². The fourth-order valence-electron chi connectivity index (χ4n) is 16.0. The first-order chi connectivity index (χ1) is 73.4. The van der Waals surface area contributed by atoms with Crippen molar-refractivity contribution in [1.29, 1.82) is 0 Å². The second-order valence-electron chi connectivity index (χ2n) is 35.1. The molecule has 4 radical (unpaired) electrons. The van der Waals surface area contributed by atoms with Crippen LogP contribution in [0, 0.1) is 83.0 Å². The Morgan fingerprint density at radius 3 is 0.952 bits per heavy atom. The van der Waals surface area contributed by atoms with E-state index in [1.807, 2.05) is 262 Å². The molecule has 0 fully saturated rings. The van der Waals surface area contributed by atoms with Crippen LogP contribution in [0.2, 0.25) is 45.3 Å². The van der Waals surface area contributed by atoms with Gasteiger partial charge in [-0.3, -0.25) is 0 Å². The van der Waals surface area contributed by atoms with E-state index in [-0.39, 0.29) is 86.0 Å². The van der Waals surface area contributed by atoms with Gasteiger partial charge in [-0.2, -0.15) is 0 Å². The molecule has 2 unspecified atom stereocenters. The molecular weight excluding hydrogens is 2570 g/mol. The first-order valence-corrected chi connectivity index (χ1v) is 58.3. The summed E-state index contributed by atoms with van der Waals surface area (Å²) in [5.74, 6) is 0. The minimum atomic E-state index is -2.92. The largest absolute Gasteiger partial charge is 0.305 e. The minimum Gasteiger partial charge on any atom is -0.305 e. The van der Waals surface area contributed by atoms with Crippen LogP contribution in [0.25, 0.3) is 90.1 Å². The molecule has 16 heteroatoms. The quantitative estimate of drug-likeness (QED) is 0.0475. The molecule has 0 aliphatic heterocycles. The number of nitrogens with zero attached hydrogens (tertiary/aromatic N) is 8. The smallest absolute Gasteiger partial charge is 0.127 e. The van der Waals surface area contributed by atoms with E-state index in [2.05, 4.69) is 306 Å². The summed E-state index contributed by atoms with van der Waals surface area (Å²) in [6.07, 6.45) is 13.8. The Morgan fingerprint density at radius 2 is 0.565 bits per heavy atom. The van der Waals surface area contributed by atoms with Crippen molar-refractivity contribution in [2.24, 2.45) is 0 Å². The standard InChI is InChI=1S/C24H20NSi.C21H22NSi.C20H20NSi.C19H18NSi.C13H12N.C12H10N.2C11H8N.4Ir/c1-26(21-12-4-2-5-13-21,22-14-6-3-7-15-22)23-16-10-11-20(19-23)24-17-8-9-18-25-24;1-4-23(3,19-8-6-5-7-9-19)20-12-10-18(11-13-20)21-16-17(2)14-15-22-21;1-16-9-14-20(21-15-16)17-10-12-19(13-11-17)22(2,3)18-7-5-4-6-8-18;1-21(2,17-10-4-3-5-11-17)18-12-8-9-16(15-18)19-13-6-7-14-20-19;1-10-8-13(14-9-11(10)2)12-6-4-3-5-7-12;1-10-7-8-13-12(9-10)11-5-3-2-4-6-11;2*1-2-6-10(7-3-1)11-8-4-5-9-12-11;;;;/h2-10,12-19H,1H3;5-10,12-16H,4H2,1-3H3;4-10,12-15H,1-3H3;3-8,10-15H,1-2H3;3-6,8-9H,1-2H3;2-5,7-9H,1H3;2*1-6,8-9H;;;;/q8*-1;;;;/i;;2*1D3;;1D3;;;;;;. The van der Waals surface area contributed by atoms with Gasteiger partial charge < -0.3 is 39.9 Å². The molecule has 0 amide bonds. The fraction of sp³-hybridized carbons (Fsp3) is 0.0992. The number of pyridine rings is 8. The maximum absolute atomic E-state index is 8.21. The summed E-state index contributed by atoms with van der Waals surface area (Å²) >= 11 is 0. The molecule has 0 bridgehead atoms. The number of aryl methyl sites for hydroxylation is 5. The molecule has 8 heterocycles. The predicted molar refractivity (Wildman–Crippen MR) is 609 cm³/mol. The maximum atomic E-state index is 8.21. The molecule has 8 aromatic heterocycles. The van der Waals surface area contributed by atoms with Gasteiger partial charge in [-0.1, -0.05) is 325 Å². The molecule has 0 saturated heterocycles. The summed E-state index contributed by atoms with van der Waals surface area (Å²) in [4.78, 5) is 34.6. The van der Waals surface area contributed by atoms with Crippen molar-refractivity contribution in [3.63, 3.8) is 0 Å². The van der Waals surface area contributed by atoms with Gasteiger partial charge in [0.25, 0.3) is 0 Å². The SMILES string of the molecule is CC[Si](C)(c1c[c-]c(-c2cc(C)ccn2)cc1)c1ccccc1.C[Si](c1ccccc1)(c1ccccc1)c1cc[c-]c(-c2ccccn2)c1.Cc1cnc(-c2[c-]cccc2)cc1C.[2H]C([2H])([2H])[Si](C)(c1ccccc1)c1cc[c-]c(-c2ccccn2)c1.[2H]C([2H])([2H])c1ccc(-c2[c-]cc([Si](C)(C)c3ccccc3)cc2)nc1.[2H]C([2H])([2H])c1ccnc(-c2[c-]cccc2)c1.[Ir].[Ir].[Ir].[Ir].[c-]1ccccc1-c1ccccn1.[c-]1ccccc1-c1ccccn1. The first-order valence-electron chi connectivity index (χ1n) is 52.1. The average Bonchev–Trinajstić information content (AvgIpc) is 0.779. The molecule has 742 valence electrons. The second-order valence-corrected chi connectivity index (χ2v) is 51.4. The Labute approximate surface area is 942 Å². The van der Waals surface area contributed by atoms with Crippen LogP contribution in [-0.2, 0) is 80.4 Å². The van der Waals surface area contributed by atoms with E-state index in [0.717, 1.165) is 94.7 Å². The summed E-state index contributed by atoms with van der Waals surface area (Å²) in [6.45, 7) is 13.7. The van der Waals surface area contributed by atoms with Gasteiger partial charge in [0.1, 0.15) is 8.07 Å². The van der Waals surface area contributed by atoms with Gasteiger partial charge in [-0.15, -0.1) is 284 Å². The van der Waals surface area contributed by atoms with Crippen LogP contribution in [0.15, 0.2) is 486 Å². The Hall–Kier alpha value is -13.5. The Morgan fingerprint density at radius 1 is 0.224 bits per heavy atom. The number of hydrogen-bond acceptors (Lipinski definition) is 8. The molecule has 0 aliphatic rings. The van der Waals surface area contributed by atoms with E-state index in [1.165, 1.54) is 77.5 Å². The second kappa shape index (κ2) is 58.8. The van der Waals surface area contributed by atoms with Crippen LogP contribution in [0.3, 0.4) is 0 Å². The van der Waals surface area contributed by atoms with E-state index in [0.29, 0.717) is 11.3 Å². The summed E-state index contributed by atoms with van der Waals surface area (Å²) in [5.41, 5.74) is 19.1. The van der Waals surface area contributed by atoms with Gasteiger partial charge in [-0.05, 0) is 128 Å².